The Labute approximate surface area is 80.5 Å². The van der Waals surface area contributed by atoms with Crippen LogP contribution in [0.1, 0.15) is 24.8 Å². The van der Waals surface area contributed by atoms with Gasteiger partial charge in [0, 0.05) is 0 Å². The van der Waals surface area contributed by atoms with Crippen LogP contribution in [0.25, 0.3) is 0 Å². The molecule has 0 fully saturated rings. The van der Waals surface area contributed by atoms with Gasteiger partial charge in [-0.2, -0.15) is 0 Å². The third-order valence-corrected chi connectivity index (χ3v) is 2.87. The molecule has 0 saturated carbocycles. The Bertz CT molecular complexity index is 309. The molecule has 3 heteroatoms. The Morgan fingerprint density at radius 1 is 1.23 bits per heavy atom. The highest BCUT2D eigenvalue weighted by Gasteiger charge is 2.09. The van der Waals surface area contributed by atoms with Crippen LogP contribution >= 0.6 is 0 Å². The van der Waals surface area contributed by atoms with E-state index < -0.39 is 10.7 Å². The van der Waals surface area contributed by atoms with Gasteiger partial charge in [-0.15, -0.1) is 0 Å². The van der Waals surface area contributed by atoms with Gasteiger partial charge in [0.15, 0.2) is 0 Å². The van der Waals surface area contributed by atoms with Gasteiger partial charge < -0.3 is 0 Å². The summed E-state index contributed by atoms with van der Waals surface area (Å²) < 4.78 is 21.2. The minimum atomic E-state index is -2.27. The summed E-state index contributed by atoms with van der Waals surface area (Å²) in [5.74, 6) is 0.415. The lowest BCUT2D eigenvalue weighted by molar-refractivity contribution is 0.603. The van der Waals surface area contributed by atoms with E-state index in [2.05, 4.69) is 0 Å². The van der Waals surface area contributed by atoms with Gasteiger partial charge in [0.1, 0.15) is 10.7 Å². The van der Waals surface area contributed by atoms with Gasteiger partial charge in [0.2, 0.25) is 0 Å². The molecule has 0 bridgehead atoms. The molecule has 0 spiro atoms. The molecule has 13 heavy (non-hydrogen) atoms. The highest BCUT2D eigenvalue weighted by atomic mass is 32.2. The zero-order valence-electron chi connectivity index (χ0n) is 7.64. The van der Waals surface area contributed by atoms with Crippen molar-refractivity contribution in [2.24, 2.45) is 0 Å². The lowest BCUT2D eigenvalue weighted by Crippen LogP contribution is -2.04. The van der Waals surface area contributed by atoms with Crippen molar-refractivity contribution in [2.45, 2.75) is 19.3 Å². The van der Waals surface area contributed by atoms with Gasteiger partial charge in [0.25, 0.3) is 0 Å². The third kappa shape index (κ3) is 3.19. The molecule has 0 heterocycles. The van der Waals surface area contributed by atoms with Crippen molar-refractivity contribution in [3.05, 3.63) is 35.9 Å². The molecular weight excluding hydrogens is 184 g/mol. The monoisotopic (exact) mass is 198 g/mol. The predicted molar refractivity (Wildman–Crippen MR) is 54.7 cm³/mol. The largest absolute Gasteiger partial charge is 0.232 e. The Morgan fingerprint density at radius 3 is 2.31 bits per heavy atom. The van der Waals surface area contributed by atoms with Crippen molar-refractivity contribution in [3.63, 3.8) is 0 Å². The molecular formula is C10H14O2S. The second-order valence-electron chi connectivity index (χ2n) is 3.03. The fraction of sp³-hybridized carbons (Fsp3) is 0.400. The standard InChI is InChI=1S/C10H14O2S/c1-2-9(8-13(11)12)10-6-4-3-5-7-10/h3-7,9,13H,2,8H2,1H3. The molecule has 1 atom stereocenters. The van der Waals surface area contributed by atoms with Crippen molar-refractivity contribution < 1.29 is 8.42 Å². The van der Waals surface area contributed by atoms with Crippen molar-refractivity contribution in [2.75, 3.05) is 5.75 Å². The smallest absolute Gasteiger partial charge is 0.140 e. The molecule has 2 nitrogen and oxygen atoms in total. The van der Waals surface area contributed by atoms with Crippen molar-refractivity contribution >= 4 is 10.7 Å². The van der Waals surface area contributed by atoms with Crippen LogP contribution in [0.2, 0.25) is 0 Å². The maximum absolute atomic E-state index is 10.6. The first-order chi connectivity index (χ1) is 6.24. The zero-order chi connectivity index (χ0) is 9.68. The molecule has 0 amide bonds. The second-order valence-corrected chi connectivity index (χ2v) is 4.06. The first-order valence-electron chi connectivity index (χ1n) is 4.40. The van der Waals surface area contributed by atoms with Crippen LogP contribution in [0.5, 0.6) is 0 Å². The summed E-state index contributed by atoms with van der Waals surface area (Å²) in [6, 6.07) is 9.78. The highest BCUT2D eigenvalue weighted by Crippen LogP contribution is 2.18. The van der Waals surface area contributed by atoms with Crippen LogP contribution in [0.15, 0.2) is 30.3 Å². The summed E-state index contributed by atoms with van der Waals surface area (Å²) in [5, 5.41) is 0. The summed E-state index contributed by atoms with van der Waals surface area (Å²) in [6.07, 6.45) is 0.868. The average molecular weight is 198 g/mol. The minimum Gasteiger partial charge on any atom is -0.232 e. The van der Waals surface area contributed by atoms with Crippen LogP contribution < -0.4 is 0 Å². The van der Waals surface area contributed by atoms with Gasteiger partial charge in [-0.1, -0.05) is 37.3 Å². The van der Waals surface area contributed by atoms with Gasteiger partial charge in [0.05, 0.1) is 5.75 Å². The molecule has 0 aliphatic heterocycles. The minimum absolute atomic E-state index is 0.155. The van der Waals surface area contributed by atoms with E-state index in [0.29, 0.717) is 0 Å². The first kappa shape index (κ1) is 10.3. The molecule has 0 radical (unpaired) electrons. The Kier molecular flexibility index (Phi) is 3.96. The van der Waals surface area contributed by atoms with E-state index in [1.807, 2.05) is 37.3 Å². The number of thiol groups is 1. The summed E-state index contributed by atoms with van der Waals surface area (Å²) in [7, 11) is -2.27. The van der Waals surface area contributed by atoms with E-state index in [-0.39, 0.29) is 11.7 Å². The van der Waals surface area contributed by atoms with E-state index in [4.69, 9.17) is 0 Å². The Balaban J connectivity index is 2.78. The summed E-state index contributed by atoms with van der Waals surface area (Å²) >= 11 is 0. The molecule has 1 rings (SSSR count). The number of rotatable bonds is 4. The summed E-state index contributed by atoms with van der Waals surface area (Å²) in [5.41, 5.74) is 1.12. The van der Waals surface area contributed by atoms with E-state index in [1.165, 1.54) is 0 Å². The van der Waals surface area contributed by atoms with Crippen LogP contribution in [0, 0.1) is 0 Å². The molecule has 0 aromatic heterocycles. The van der Waals surface area contributed by atoms with Gasteiger partial charge in [-0.3, -0.25) is 0 Å². The molecule has 0 saturated heterocycles. The van der Waals surface area contributed by atoms with Crippen molar-refractivity contribution in [1.82, 2.24) is 0 Å². The normalized spacial score (nSPS) is 13.1. The lowest BCUT2D eigenvalue weighted by atomic mass is 9.99. The molecule has 0 N–H and O–H groups in total. The van der Waals surface area contributed by atoms with Crippen LogP contribution in [0.4, 0.5) is 0 Å². The maximum Gasteiger partial charge on any atom is 0.140 e. The third-order valence-electron chi connectivity index (χ3n) is 2.13. The van der Waals surface area contributed by atoms with Crippen molar-refractivity contribution in [1.29, 1.82) is 0 Å². The molecule has 0 aliphatic rings. The Hall–Kier alpha value is -0.830. The van der Waals surface area contributed by atoms with Gasteiger partial charge in [-0.25, -0.2) is 8.42 Å². The quantitative estimate of drug-likeness (QED) is 0.748. The Morgan fingerprint density at radius 2 is 1.85 bits per heavy atom. The maximum atomic E-state index is 10.6. The fourth-order valence-corrected chi connectivity index (χ4v) is 2.20. The zero-order valence-corrected chi connectivity index (χ0v) is 8.54. The predicted octanol–water partition coefficient (Wildman–Crippen LogP) is 1.79. The molecule has 1 unspecified atom stereocenters. The van der Waals surface area contributed by atoms with Crippen molar-refractivity contribution in [3.8, 4) is 0 Å². The van der Waals surface area contributed by atoms with Gasteiger partial charge >= 0.3 is 0 Å². The van der Waals surface area contributed by atoms with Crippen LogP contribution in [0.3, 0.4) is 0 Å². The van der Waals surface area contributed by atoms with E-state index >= 15 is 0 Å². The second kappa shape index (κ2) is 5.02. The highest BCUT2D eigenvalue weighted by molar-refractivity contribution is 7.72. The van der Waals surface area contributed by atoms with E-state index in [1.54, 1.807) is 0 Å². The summed E-state index contributed by atoms with van der Waals surface area (Å²) in [4.78, 5) is 0. The SMILES string of the molecule is CCC(C[SH](=O)=O)c1ccccc1. The number of benzene rings is 1. The molecule has 1 aromatic carbocycles. The van der Waals surface area contributed by atoms with Crippen LogP contribution in [-0.4, -0.2) is 14.2 Å². The molecule has 72 valence electrons. The summed E-state index contributed by atoms with van der Waals surface area (Å²) in [6.45, 7) is 2.01. The van der Waals surface area contributed by atoms with E-state index in [0.717, 1.165) is 12.0 Å². The lowest BCUT2D eigenvalue weighted by Gasteiger charge is -2.10. The molecule has 0 aliphatic carbocycles. The van der Waals surface area contributed by atoms with Crippen LogP contribution in [-0.2, 0) is 10.7 Å². The fourth-order valence-electron chi connectivity index (χ4n) is 1.38. The van der Waals surface area contributed by atoms with Gasteiger partial charge in [-0.05, 0) is 17.9 Å². The van der Waals surface area contributed by atoms with E-state index in [9.17, 15) is 8.42 Å². The average Bonchev–Trinajstić information content (AvgIpc) is 2.15. The first-order valence-corrected chi connectivity index (χ1v) is 5.77. The number of hydrogen-bond acceptors (Lipinski definition) is 2. The molecule has 1 aromatic rings. The topological polar surface area (TPSA) is 34.1 Å². The number of hydrogen-bond donors (Lipinski definition) is 1.